The molecular weight excluding hydrogens is 196 g/mol. The number of carbonyl (C=O) groups is 1. The Bertz CT molecular complexity index is 334. The Morgan fingerprint density at radius 3 is 2.79 bits per heavy atom. The maximum Gasteiger partial charge on any atom is 0.335 e. The number of rotatable bonds is 4. The summed E-state index contributed by atoms with van der Waals surface area (Å²) >= 11 is 1.79. The first-order valence-corrected chi connectivity index (χ1v) is 5.71. The molecular formula is C11H14O2S. The second-order valence-corrected chi connectivity index (χ2v) is 4.37. The fourth-order valence-corrected chi connectivity index (χ4v) is 1.83. The third-order valence-corrected chi connectivity index (χ3v) is 2.95. The molecule has 0 saturated carbocycles. The lowest BCUT2D eigenvalue weighted by Gasteiger charge is -2.04. The summed E-state index contributed by atoms with van der Waals surface area (Å²) in [5.41, 5.74) is 2.32. The zero-order valence-electron chi connectivity index (χ0n) is 8.41. The van der Waals surface area contributed by atoms with Crippen LogP contribution in [0.15, 0.2) is 18.2 Å². The average Bonchev–Trinajstić information content (AvgIpc) is 2.16. The maximum absolute atomic E-state index is 10.8. The molecule has 0 amide bonds. The van der Waals surface area contributed by atoms with Crippen molar-refractivity contribution >= 4 is 17.7 Å². The lowest BCUT2D eigenvalue weighted by molar-refractivity contribution is 0.0696. The van der Waals surface area contributed by atoms with Crippen molar-refractivity contribution < 1.29 is 9.90 Å². The predicted molar refractivity (Wildman–Crippen MR) is 60.0 cm³/mol. The Hall–Kier alpha value is -0.960. The van der Waals surface area contributed by atoms with Crippen molar-refractivity contribution in [3.05, 3.63) is 34.9 Å². The van der Waals surface area contributed by atoms with Crippen LogP contribution in [0.2, 0.25) is 0 Å². The molecule has 1 aromatic carbocycles. The molecule has 0 aliphatic rings. The minimum atomic E-state index is -0.842. The van der Waals surface area contributed by atoms with E-state index in [4.69, 9.17) is 5.11 Å². The first-order valence-electron chi connectivity index (χ1n) is 4.55. The normalized spacial score (nSPS) is 10.1. The van der Waals surface area contributed by atoms with Crippen LogP contribution in [0.1, 0.15) is 28.4 Å². The van der Waals surface area contributed by atoms with Gasteiger partial charge in [-0.15, -0.1) is 0 Å². The van der Waals surface area contributed by atoms with E-state index in [2.05, 4.69) is 6.92 Å². The molecule has 0 spiro atoms. The largest absolute Gasteiger partial charge is 0.478 e. The smallest absolute Gasteiger partial charge is 0.335 e. The number of aryl methyl sites for hydroxylation is 1. The molecule has 0 bridgehead atoms. The van der Waals surface area contributed by atoms with Crippen LogP contribution < -0.4 is 0 Å². The highest BCUT2D eigenvalue weighted by Crippen LogP contribution is 2.16. The standard InChI is InChI=1S/C11H14O2S/c1-3-14-7-9-5-4-8(2)10(6-9)11(12)13/h4-6H,3,7H2,1-2H3,(H,12,13). The number of thioether (sulfide) groups is 1. The van der Waals surface area contributed by atoms with E-state index in [1.165, 1.54) is 0 Å². The molecule has 0 atom stereocenters. The van der Waals surface area contributed by atoms with Crippen molar-refractivity contribution in [2.75, 3.05) is 5.75 Å². The van der Waals surface area contributed by atoms with Gasteiger partial charge in [0.2, 0.25) is 0 Å². The van der Waals surface area contributed by atoms with Crippen molar-refractivity contribution in [2.24, 2.45) is 0 Å². The van der Waals surface area contributed by atoms with Crippen LogP contribution in [0.5, 0.6) is 0 Å². The topological polar surface area (TPSA) is 37.3 Å². The van der Waals surface area contributed by atoms with Crippen molar-refractivity contribution in [1.82, 2.24) is 0 Å². The second kappa shape index (κ2) is 5.05. The van der Waals surface area contributed by atoms with Gasteiger partial charge >= 0.3 is 5.97 Å². The van der Waals surface area contributed by atoms with Gasteiger partial charge in [-0.05, 0) is 29.9 Å². The molecule has 1 rings (SSSR count). The lowest BCUT2D eigenvalue weighted by atomic mass is 10.1. The molecule has 0 heterocycles. The van der Waals surface area contributed by atoms with Crippen molar-refractivity contribution in [3.63, 3.8) is 0 Å². The molecule has 0 saturated heterocycles. The number of hydrogen-bond acceptors (Lipinski definition) is 2. The summed E-state index contributed by atoms with van der Waals surface area (Å²) in [4.78, 5) is 10.8. The van der Waals surface area contributed by atoms with Gasteiger partial charge in [0.25, 0.3) is 0 Å². The monoisotopic (exact) mass is 210 g/mol. The fraction of sp³-hybridized carbons (Fsp3) is 0.364. The quantitative estimate of drug-likeness (QED) is 0.830. The summed E-state index contributed by atoms with van der Waals surface area (Å²) in [5.74, 6) is 1.10. The van der Waals surface area contributed by atoms with Crippen LogP contribution in [0.25, 0.3) is 0 Å². The molecule has 1 aromatic rings. The molecule has 2 nitrogen and oxygen atoms in total. The van der Waals surface area contributed by atoms with Crippen molar-refractivity contribution in [3.8, 4) is 0 Å². The van der Waals surface area contributed by atoms with Gasteiger partial charge in [-0.2, -0.15) is 11.8 Å². The number of aromatic carboxylic acids is 1. The van der Waals surface area contributed by atoms with Crippen LogP contribution >= 0.6 is 11.8 Å². The lowest BCUT2D eigenvalue weighted by Crippen LogP contribution is -2.00. The summed E-state index contributed by atoms with van der Waals surface area (Å²) in [5, 5.41) is 8.91. The van der Waals surface area contributed by atoms with Gasteiger partial charge in [-0.25, -0.2) is 4.79 Å². The van der Waals surface area contributed by atoms with E-state index in [1.54, 1.807) is 17.8 Å². The van der Waals surface area contributed by atoms with Crippen LogP contribution in [0.4, 0.5) is 0 Å². The van der Waals surface area contributed by atoms with Crippen LogP contribution in [-0.2, 0) is 5.75 Å². The van der Waals surface area contributed by atoms with Gasteiger partial charge in [0, 0.05) is 5.75 Å². The van der Waals surface area contributed by atoms with Crippen LogP contribution in [0.3, 0.4) is 0 Å². The highest BCUT2D eigenvalue weighted by Gasteiger charge is 2.07. The molecule has 0 aliphatic carbocycles. The summed E-state index contributed by atoms with van der Waals surface area (Å²) in [6.45, 7) is 3.91. The Labute approximate surface area is 88.3 Å². The van der Waals surface area contributed by atoms with Gasteiger partial charge in [0.05, 0.1) is 5.56 Å². The minimum Gasteiger partial charge on any atom is -0.478 e. The first kappa shape index (κ1) is 11.1. The highest BCUT2D eigenvalue weighted by molar-refractivity contribution is 7.98. The van der Waals surface area contributed by atoms with E-state index in [0.29, 0.717) is 5.56 Å². The number of hydrogen-bond donors (Lipinski definition) is 1. The predicted octanol–water partition coefficient (Wildman–Crippen LogP) is 2.95. The Morgan fingerprint density at radius 2 is 2.21 bits per heavy atom. The molecule has 0 fully saturated rings. The Morgan fingerprint density at radius 1 is 1.50 bits per heavy atom. The van der Waals surface area contributed by atoms with E-state index in [9.17, 15) is 4.79 Å². The molecule has 0 unspecified atom stereocenters. The minimum absolute atomic E-state index is 0.416. The van der Waals surface area contributed by atoms with E-state index < -0.39 is 5.97 Å². The third kappa shape index (κ3) is 2.77. The Balaban J connectivity index is 2.89. The number of benzene rings is 1. The summed E-state index contributed by atoms with van der Waals surface area (Å²) in [6.07, 6.45) is 0. The van der Waals surface area contributed by atoms with Crippen LogP contribution in [-0.4, -0.2) is 16.8 Å². The zero-order valence-corrected chi connectivity index (χ0v) is 9.23. The molecule has 0 aliphatic heterocycles. The van der Waals surface area contributed by atoms with Gasteiger partial charge in [-0.1, -0.05) is 19.1 Å². The summed E-state index contributed by atoms with van der Waals surface area (Å²) in [6, 6.07) is 5.62. The maximum atomic E-state index is 10.8. The molecule has 0 aromatic heterocycles. The van der Waals surface area contributed by atoms with Crippen LogP contribution in [0, 0.1) is 6.92 Å². The molecule has 76 valence electrons. The molecule has 14 heavy (non-hydrogen) atoms. The molecule has 3 heteroatoms. The summed E-state index contributed by atoms with van der Waals surface area (Å²) in [7, 11) is 0. The van der Waals surface area contributed by atoms with Crippen molar-refractivity contribution in [2.45, 2.75) is 19.6 Å². The van der Waals surface area contributed by atoms with E-state index in [1.807, 2.05) is 19.1 Å². The average molecular weight is 210 g/mol. The second-order valence-electron chi connectivity index (χ2n) is 3.09. The number of carboxylic acids is 1. The van der Waals surface area contributed by atoms with Gasteiger partial charge in [-0.3, -0.25) is 0 Å². The van der Waals surface area contributed by atoms with E-state index in [0.717, 1.165) is 22.6 Å². The van der Waals surface area contributed by atoms with Gasteiger partial charge in [0.1, 0.15) is 0 Å². The van der Waals surface area contributed by atoms with E-state index >= 15 is 0 Å². The number of carboxylic acid groups (broad SMARTS) is 1. The molecule has 1 N–H and O–H groups in total. The van der Waals surface area contributed by atoms with Crippen molar-refractivity contribution in [1.29, 1.82) is 0 Å². The fourth-order valence-electron chi connectivity index (χ4n) is 1.21. The zero-order chi connectivity index (χ0) is 10.6. The molecule has 0 radical (unpaired) electrons. The summed E-state index contributed by atoms with van der Waals surface area (Å²) < 4.78 is 0. The third-order valence-electron chi connectivity index (χ3n) is 2.01. The van der Waals surface area contributed by atoms with Gasteiger partial charge < -0.3 is 5.11 Å². The Kier molecular flexibility index (Phi) is 4.01. The van der Waals surface area contributed by atoms with E-state index in [-0.39, 0.29) is 0 Å². The highest BCUT2D eigenvalue weighted by atomic mass is 32.2. The SMILES string of the molecule is CCSCc1ccc(C)c(C(=O)O)c1. The first-order chi connectivity index (χ1) is 6.65. The van der Waals surface area contributed by atoms with Gasteiger partial charge in [0.15, 0.2) is 0 Å².